The van der Waals surface area contributed by atoms with Crippen molar-refractivity contribution in [1.82, 2.24) is 4.98 Å². The Kier molecular flexibility index (Phi) is 3.05. The highest BCUT2D eigenvalue weighted by Gasteiger charge is 2.23. The summed E-state index contributed by atoms with van der Waals surface area (Å²) in [6.45, 7) is 0.881. The van der Waals surface area contributed by atoms with Crippen LogP contribution in [0, 0.1) is 5.82 Å². The molecule has 0 fully saturated rings. The van der Waals surface area contributed by atoms with E-state index in [1.54, 1.807) is 18.2 Å². The number of pyridine rings is 1. The van der Waals surface area contributed by atoms with Crippen molar-refractivity contribution >= 4 is 0 Å². The number of hydrogen-bond donors (Lipinski definition) is 1. The van der Waals surface area contributed by atoms with E-state index in [4.69, 9.17) is 9.47 Å². The molecule has 1 aliphatic rings. The van der Waals surface area contributed by atoms with Crippen LogP contribution in [0.3, 0.4) is 0 Å². The molecule has 0 radical (unpaired) electrons. The van der Waals surface area contributed by atoms with Crippen molar-refractivity contribution in [3.63, 3.8) is 0 Å². The van der Waals surface area contributed by atoms with Gasteiger partial charge in [-0.25, -0.2) is 4.39 Å². The van der Waals surface area contributed by atoms with E-state index in [0.29, 0.717) is 30.3 Å². The lowest BCUT2D eigenvalue weighted by Crippen LogP contribution is -2.17. The van der Waals surface area contributed by atoms with Gasteiger partial charge < -0.3 is 14.6 Å². The number of aromatic nitrogens is 1. The number of benzene rings is 1. The average molecular weight is 261 g/mol. The van der Waals surface area contributed by atoms with Gasteiger partial charge >= 0.3 is 0 Å². The summed E-state index contributed by atoms with van der Waals surface area (Å²) in [5.41, 5.74) is 0.653. The molecule has 5 heteroatoms. The first-order chi connectivity index (χ1) is 9.27. The van der Waals surface area contributed by atoms with Crippen molar-refractivity contribution in [2.45, 2.75) is 6.10 Å². The molecule has 2 heterocycles. The van der Waals surface area contributed by atoms with Crippen LogP contribution in [0.15, 0.2) is 36.7 Å². The highest BCUT2D eigenvalue weighted by molar-refractivity contribution is 5.50. The molecule has 4 nitrogen and oxygen atoms in total. The molecule has 98 valence electrons. The van der Waals surface area contributed by atoms with E-state index in [0.717, 1.165) is 6.20 Å². The Morgan fingerprint density at radius 3 is 2.84 bits per heavy atom. The van der Waals surface area contributed by atoms with Gasteiger partial charge in [0.2, 0.25) is 0 Å². The van der Waals surface area contributed by atoms with Crippen LogP contribution in [-0.4, -0.2) is 23.3 Å². The van der Waals surface area contributed by atoms with Gasteiger partial charge in [0.05, 0.1) is 6.20 Å². The molecule has 19 heavy (non-hydrogen) atoms. The zero-order valence-electron chi connectivity index (χ0n) is 10.0. The maximum atomic E-state index is 13.7. The maximum Gasteiger partial charge on any atom is 0.167 e. The molecule has 3 rings (SSSR count). The van der Waals surface area contributed by atoms with Gasteiger partial charge in [0.1, 0.15) is 25.1 Å². The fraction of sp³-hybridized carbons (Fsp3) is 0.214. The molecular formula is C14H12FNO3. The number of halogens is 1. The van der Waals surface area contributed by atoms with E-state index in [2.05, 4.69) is 4.98 Å². The second kappa shape index (κ2) is 4.85. The molecule has 0 saturated heterocycles. The molecule has 1 N–H and O–H groups in total. The van der Waals surface area contributed by atoms with Gasteiger partial charge in [0.25, 0.3) is 0 Å². The van der Waals surface area contributed by atoms with E-state index in [1.165, 1.54) is 12.3 Å². The largest absolute Gasteiger partial charge is 0.486 e. The Hall–Kier alpha value is -2.14. The quantitative estimate of drug-likeness (QED) is 0.899. The molecule has 0 aliphatic carbocycles. The number of ether oxygens (including phenoxy) is 2. The van der Waals surface area contributed by atoms with Crippen LogP contribution < -0.4 is 9.47 Å². The molecule has 1 aromatic carbocycles. The molecule has 0 spiro atoms. The van der Waals surface area contributed by atoms with Crippen LogP contribution in [-0.2, 0) is 0 Å². The summed E-state index contributed by atoms with van der Waals surface area (Å²) >= 11 is 0. The third-order valence-electron chi connectivity index (χ3n) is 2.99. The van der Waals surface area contributed by atoms with Crippen LogP contribution in [0.1, 0.15) is 17.2 Å². The van der Waals surface area contributed by atoms with Crippen molar-refractivity contribution in [3.05, 3.63) is 53.6 Å². The van der Waals surface area contributed by atoms with E-state index in [1.807, 2.05) is 0 Å². The lowest BCUT2D eigenvalue weighted by Gasteiger charge is -2.23. The zero-order chi connectivity index (χ0) is 13.2. The molecule has 1 atom stereocenters. The summed E-state index contributed by atoms with van der Waals surface area (Å²) in [4.78, 5) is 3.67. The van der Waals surface area contributed by atoms with Gasteiger partial charge in [-0.1, -0.05) is 12.1 Å². The van der Waals surface area contributed by atoms with Crippen LogP contribution in [0.2, 0.25) is 0 Å². The standard InChI is InChI=1S/C14H12FNO3/c15-11-8-16-5-4-9(11)13(17)10-2-1-3-12-14(10)19-7-6-18-12/h1-5,8,13,17H,6-7H2. The second-order valence-electron chi connectivity index (χ2n) is 4.17. The highest BCUT2D eigenvalue weighted by atomic mass is 19.1. The summed E-state index contributed by atoms with van der Waals surface area (Å²) in [5, 5.41) is 10.3. The van der Waals surface area contributed by atoms with Gasteiger partial charge in [-0.15, -0.1) is 0 Å². The first kappa shape index (κ1) is 11.9. The van der Waals surface area contributed by atoms with Crippen molar-refractivity contribution in [2.24, 2.45) is 0 Å². The van der Waals surface area contributed by atoms with Crippen molar-refractivity contribution in [2.75, 3.05) is 13.2 Å². The van der Waals surface area contributed by atoms with E-state index < -0.39 is 11.9 Å². The molecule has 2 aromatic rings. The second-order valence-corrected chi connectivity index (χ2v) is 4.17. The van der Waals surface area contributed by atoms with Crippen LogP contribution in [0.25, 0.3) is 0 Å². The summed E-state index contributed by atoms with van der Waals surface area (Å²) in [7, 11) is 0. The number of rotatable bonds is 2. The van der Waals surface area contributed by atoms with Crippen molar-refractivity contribution < 1.29 is 19.0 Å². The van der Waals surface area contributed by atoms with Crippen LogP contribution in [0.4, 0.5) is 4.39 Å². The Bertz CT molecular complexity index is 603. The minimum Gasteiger partial charge on any atom is -0.486 e. The third kappa shape index (κ3) is 2.13. The first-order valence-corrected chi connectivity index (χ1v) is 5.93. The lowest BCUT2D eigenvalue weighted by atomic mass is 10.0. The minimum atomic E-state index is -1.11. The molecule has 1 aromatic heterocycles. The zero-order valence-corrected chi connectivity index (χ0v) is 10.0. The summed E-state index contributed by atoms with van der Waals surface area (Å²) in [6.07, 6.45) is 1.40. The van der Waals surface area contributed by atoms with Crippen LogP contribution >= 0.6 is 0 Å². The van der Waals surface area contributed by atoms with Gasteiger partial charge in [-0.3, -0.25) is 4.98 Å². The van der Waals surface area contributed by atoms with Crippen molar-refractivity contribution in [1.29, 1.82) is 0 Å². The predicted molar refractivity (Wildman–Crippen MR) is 65.7 cm³/mol. The smallest absolute Gasteiger partial charge is 0.167 e. The normalized spacial score (nSPS) is 15.1. The van der Waals surface area contributed by atoms with Gasteiger partial charge in [0.15, 0.2) is 11.5 Å². The molecule has 0 amide bonds. The first-order valence-electron chi connectivity index (χ1n) is 5.93. The SMILES string of the molecule is OC(c1ccncc1F)c1cccc2c1OCCO2. The number of fused-ring (bicyclic) bond motifs is 1. The molecule has 1 unspecified atom stereocenters. The summed E-state index contributed by atoms with van der Waals surface area (Å²) in [6, 6.07) is 6.64. The summed E-state index contributed by atoms with van der Waals surface area (Å²) < 4.78 is 24.6. The molecule has 0 saturated carbocycles. The fourth-order valence-electron chi connectivity index (χ4n) is 2.09. The maximum absolute atomic E-state index is 13.7. The Morgan fingerprint density at radius 2 is 2.00 bits per heavy atom. The van der Waals surface area contributed by atoms with Crippen LogP contribution in [0.5, 0.6) is 11.5 Å². The van der Waals surface area contributed by atoms with Crippen molar-refractivity contribution in [3.8, 4) is 11.5 Å². The number of aliphatic hydroxyl groups excluding tert-OH is 1. The van der Waals surface area contributed by atoms with E-state index in [9.17, 15) is 9.50 Å². The lowest BCUT2D eigenvalue weighted by molar-refractivity contribution is 0.157. The van der Waals surface area contributed by atoms with Gasteiger partial charge in [0, 0.05) is 17.3 Å². The fourth-order valence-corrected chi connectivity index (χ4v) is 2.09. The van der Waals surface area contributed by atoms with Gasteiger partial charge in [-0.2, -0.15) is 0 Å². The number of aliphatic hydroxyl groups is 1. The summed E-state index contributed by atoms with van der Waals surface area (Å²) in [5.74, 6) is 0.485. The van der Waals surface area contributed by atoms with E-state index in [-0.39, 0.29) is 5.56 Å². The Balaban J connectivity index is 2.05. The Morgan fingerprint density at radius 1 is 1.16 bits per heavy atom. The number of hydrogen-bond acceptors (Lipinski definition) is 4. The third-order valence-corrected chi connectivity index (χ3v) is 2.99. The number of para-hydroxylation sites is 1. The van der Waals surface area contributed by atoms with E-state index >= 15 is 0 Å². The predicted octanol–water partition coefficient (Wildman–Crippen LogP) is 2.07. The number of nitrogens with zero attached hydrogens (tertiary/aromatic N) is 1. The average Bonchev–Trinajstić information content (AvgIpc) is 2.46. The highest BCUT2D eigenvalue weighted by Crippen LogP contribution is 2.39. The Labute approximate surface area is 109 Å². The topological polar surface area (TPSA) is 51.6 Å². The van der Waals surface area contributed by atoms with Gasteiger partial charge in [-0.05, 0) is 12.1 Å². The minimum absolute atomic E-state index is 0.164. The monoisotopic (exact) mass is 261 g/mol. The molecule has 0 bridgehead atoms. The molecular weight excluding hydrogens is 249 g/mol. The molecule has 1 aliphatic heterocycles.